The van der Waals surface area contributed by atoms with Crippen LogP contribution in [0, 0.1) is 12.7 Å². The first kappa shape index (κ1) is 13.4. The van der Waals surface area contributed by atoms with Gasteiger partial charge in [-0.15, -0.1) is 22.6 Å². The quantitative estimate of drug-likeness (QED) is 0.894. The number of hydrogen-bond donors (Lipinski definition) is 1. The van der Waals surface area contributed by atoms with Gasteiger partial charge in [0.1, 0.15) is 5.82 Å². The lowest BCUT2D eigenvalue weighted by Crippen LogP contribution is -1.99. The Morgan fingerprint density at radius 1 is 1.18 bits per heavy atom. The van der Waals surface area contributed by atoms with Gasteiger partial charge in [0.25, 0.3) is 0 Å². The fraction of sp³-hybridized carbons (Fsp3) is 0.167. The Kier molecular flexibility index (Phi) is 4.40. The molecular weight excluding hydrogens is 241 g/mol. The molecule has 0 aliphatic heterocycles. The fourth-order valence-corrected chi connectivity index (χ4v) is 1.52. The Labute approximate surface area is 105 Å². The van der Waals surface area contributed by atoms with Crippen molar-refractivity contribution in [2.45, 2.75) is 6.92 Å². The molecule has 0 saturated heterocycles. The Hall–Kier alpha value is -1.68. The van der Waals surface area contributed by atoms with Crippen LogP contribution in [-0.4, -0.2) is 17.2 Å². The van der Waals surface area contributed by atoms with Crippen molar-refractivity contribution < 1.29 is 4.39 Å². The predicted molar refractivity (Wildman–Crippen MR) is 69.0 cm³/mol. The van der Waals surface area contributed by atoms with Crippen molar-refractivity contribution >= 4 is 18.2 Å². The van der Waals surface area contributed by atoms with Crippen LogP contribution in [0.4, 0.5) is 10.2 Å². The predicted octanol–water partition coefficient (Wildman–Crippen LogP) is 3.05. The van der Waals surface area contributed by atoms with E-state index in [1.165, 1.54) is 12.1 Å². The molecule has 0 spiro atoms. The molecule has 0 fully saturated rings. The monoisotopic (exact) mass is 253 g/mol. The summed E-state index contributed by atoms with van der Waals surface area (Å²) in [4.78, 5) is 0. The molecule has 2 aromatic rings. The number of nitrogens with zero attached hydrogens (tertiary/aromatic N) is 2. The second-order valence-corrected chi connectivity index (χ2v) is 3.52. The molecule has 5 heteroatoms. The van der Waals surface area contributed by atoms with Crippen molar-refractivity contribution in [1.82, 2.24) is 10.2 Å². The van der Waals surface area contributed by atoms with Gasteiger partial charge < -0.3 is 5.32 Å². The standard InChI is InChI=1S/C12H12FN3.ClH/c1-8-6-11(15-16-12(8)14-2)9-4-3-5-10(13)7-9;/h3-7H,1-2H3,(H,14,16);1H. The molecule has 1 heterocycles. The lowest BCUT2D eigenvalue weighted by atomic mass is 10.1. The van der Waals surface area contributed by atoms with Crippen molar-refractivity contribution in [1.29, 1.82) is 0 Å². The molecule has 90 valence electrons. The number of anilines is 1. The van der Waals surface area contributed by atoms with Gasteiger partial charge in [0.2, 0.25) is 0 Å². The number of aromatic nitrogens is 2. The van der Waals surface area contributed by atoms with E-state index in [1.807, 2.05) is 19.1 Å². The Bertz CT molecular complexity index is 517. The molecule has 0 radical (unpaired) electrons. The molecule has 0 aliphatic carbocycles. The van der Waals surface area contributed by atoms with Crippen molar-refractivity contribution in [3.05, 3.63) is 41.7 Å². The van der Waals surface area contributed by atoms with Crippen LogP contribution in [0.25, 0.3) is 11.3 Å². The maximum Gasteiger partial charge on any atom is 0.151 e. The van der Waals surface area contributed by atoms with Crippen LogP contribution in [0.2, 0.25) is 0 Å². The summed E-state index contributed by atoms with van der Waals surface area (Å²) >= 11 is 0. The van der Waals surface area contributed by atoms with Gasteiger partial charge in [-0.3, -0.25) is 0 Å². The van der Waals surface area contributed by atoms with E-state index in [4.69, 9.17) is 0 Å². The summed E-state index contributed by atoms with van der Waals surface area (Å²) in [5.74, 6) is 0.467. The van der Waals surface area contributed by atoms with Gasteiger partial charge in [0, 0.05) is 12.6 Å². The van der Waals surface area contributed by atoms with Gasteiger partial charge in [-0.05, 0) is 30.7 Å². The highest BCUT2D eigenvalue weighted by molar-refractivity contribution is 5.85. The lowest BCUT2D eigenvalue weighted by molar-refractivity contribution is 0.628. The molecule has 17 heavy (non-hydrogen) atoms. The largest absolute Gasteiger partial charge is 0.371 e. The van der Waals surface area contributed by atoms with Crippen molar-refractivity contribution in [2.75, 3.05) is 12.4 Å². The molecule has 3 nitrogen and oxygen atoms in total. The third kappa shape index (κ3) is 2.91. The molecule has 0 bridgehead atoms. The second-order valence-electron chi connectivity index (χ2n) is 3.52. The second kappa shape index (κ2) is 5.59. The summed E-state index contributed by atoms with van der Waals surface area (Å²) in [6.07, 6.45) is 0. The summed E-state index contributed by atoms with van der Waals surface area (Å²) in [5.41, 5.74) is 2.39. The van der Waals surface area contributed by atoms with Crippen molar-refractivity contribution in [2.24, 2.45) is 0 Å². The highest BCUT2D eigenvalue weighted by Gasteiger charge is 2.04. The average molecular weight is 254 g/mol. The van der Waals surface area contributed by atoms with Crippen LogP contribution in [0.5, 0.6) is 0 Å². The summed E-state index contributed by atoms with van der Waals surface area (Å²) in [5, 5.41) is 11.0. The highest BCUT2D eigenvalue weighted by atomic mass is 35.5. The molecule has 0 saturated carbocycles. The Morgan fingerprint density at radius 3 is 2.53 bits per heavy atom. The number of halogens is 2. The third-order valence-electron chi connectivity index (χ3n) is 2.34. The maximum absolute atomic E-state index is 13.0. The molecular formula is C12H13ClFN3. The highest BCUT2D eigenvalue weighted by Crippen LogP contribution is 2.20. The third-order valence-corrected chi connectivity index (χ3v) is 2.34. The minimum atomic E-state index is -0.269. The van der Waals surface area contributed by atoms with Crippen LogP contribution in [-0.2, 0) is 0 Å². The van der Waals surface area contributed by atoms with Gasteiger partial charge in [-0.1, -0.05) is 12.1 Å². The Balaban J connectivity index is 0.00000144. The zero-order valence-corrected chi connectivity index (χ0v) is 10.4. The molecule has 0 amide bonds. The number of rotatable bonds is 2. The minimum absolute atomic E-state index is 0. The molecule has 0 unspecified atom stereocenters. The number of nitrogens with one attached hydrogen (secondary N) is 1. The SMILES string of the molecule is CNc1nnc(-c2cccc(F)c2)cc1C.Cl. The molecule has 1 aromatic carbocycles. The van der Waals surface area contributed by atoms with E-state index in [0.717, 1.165) is 16.9 Å². The van der Waals surface area contributed by atoms with E-state index >= 15 is 0 Å². The van der Waals surface area contributed by atoms with Crippen LogP contribution in [0.1, 0.15) is 5.56 Å². The van der Waals surface area contributed by atoms with Crippen LogP contribution in [0.3, 0.4) is 0 Å². The van der Waals surface area contributed by atoms with Gasteiger partial charge in [-0.25, -0.2) is 4.39 Å². The zero-order valence-electron chi connectivity index (χ0n) is 9.57. The summed E-state index contributed by atoms with van der Waals surface area (Å²) in [6, 6.07) is 8.21. The van der Waals surface area contributed by atoms with Crippen molar-refractivity contribution in [3.8, 4) is 11.3 Å². The van der Waals surface area contributed by atoms with Gasteiger partial charge >= 0.3 is 0 Å². The molecule has 0 aliphatic rings. The smallest absolute Gasteiger partial charge is 0.151 e. The molecule has 1 N–H and O–H groups in total. The summed E-state index contributed by atoms with van der Waals surface area (Å²) < 4.78 is 13.0. The van der Waals surface area contributed by atoms with Crippen LogP contribution >= 0.6 is 12.4 Å². The van der Waals surface area contributed by atoms with Crippen LogP contribution < -0.4 is 5.32 Å². The van der Waals surface area contributed by atoms with Crippen molar-refractivity contribution in [3.63, 3.8) is 0 Å². The first-order chi connectivity index (χ1) is 7.70. The van der Waals surface area contributed by atoms with Crippen LogP contribution in [0.15, 0.2) is 30.3 Å². The van der Waals surface area contributed by atoms with E-state index in [9.17, 15) is 4.39 Å². The lowest BCUT2D eigenvalue weighted by Gasteiger charge is -2.05. The van der Waals surface area contributed by atoms with E-state index < -0.39 is 0 Å². The van der Waals surface area contributed by atoms with Gasteiger partial charge in [0.05, 0.1) is 5.69 Å². The summed E-state index contributed by atoms with van der Waals surface area (Å²) in [7, 11) is 1.79. The van der Waals surface area contributed by atoms with E-state index in [2.05, 4.69) is 15.5 Å². The van der Waals surface area contributed by atoms with E-state index in [1.54, 1.807) is 13.1 Å². The number of benzene rings is 1. The van der Waals surface area contributed by atoms with Gasteiger partial charge in [0.15, 0.2) is 5.82 Å². The molecule has 1 aromatic heterocycles. The maximum atomic E-state index is 13.0. The van der Waals surface area contributed by atoms with E-state index in [-0.39, 0.29) is 18.2 Å². The molecule has 2 rings (SSSR count). The summed E-state index contributed by atoms with van der Waals surface area (Å²) in [6.45, 7) is 1.93. The minimum Gasteiger partial charge on any atom is -0.371 e. The zero-order chi connectivity index (χ0) is 11.5. The normalized spacial score (nSPS) is 9.59. The Morgan fingerprint density at radius 2 is 1.94 bits per heavy atom. The fourth-order valence-electron chi connectivity index (χ4n) is 1.52. The van der Waals surface area contributed by atoms with Gasteiger partial charge in [-0.2, -0.15) is 0 Å². The number of aryl methyl sites for hydroxylation is 1. The number of hydrogen-bond acceptors (Lipinski definition) is 3. The molecule has 0 atom stereocenters. The van der Waals surface area contributed by atoms with E-state index in [0.29, 0.717) is 5.69 Å². The average Bonchev–Trinajstić information content (AvgIpc) is 2.29. The first-order valence-corrected chi connectivity index (χ1v) is 4.98. The topological polar surface area (TPSA) is 37.8 Å². The first-order valence-electron chi connectivity index (χ1n) is 4.98.